The van der Waals surface area contributed by atoms with Crippen molar-refractivity contribution in [3.8, 4) is 0 Å². The van der Waals surface area contributed by atoms with E-state index in [1.54, 1.807) is 24.4 Å². The second-order valence-corrected chi connectivity index (χ2v) is 8.11. The van der Waals surface area contributed by atoms with Gasteiger partial charge < -0.3 is 20.3 Å². The maximum Gasteiger partial charge on any atom is 0.256 e. The number of benzene rings is 2. The molecule has 1 aliphatic heterocycles. The summed E-state index contributed by atoms with van der Waals surface area (Å²) < 4.78 is 43.2. The van der Waals surface area contributed by atoms with Crippen LogP contribution >= 0.6 is 22.6 Å². The summed E-state index contributed by atoms with van der Waals surface area (Å²) in [5.74, 6) is -3.64. The number of nitrogens with zero attached hydrogens (tertiary/aromatic N) is 1. The third-order valence-electron chi connectivity index (χ3n) is 4.84. The number of aromatic nitrogens is 1. The van der Waals surface area contributed by atoms with E-state index in [1.165, 1.54) is 17.0 Å². The second-order valence-electron chi connectivity index (χ2n) is 6.86. The Morgan fingerprint density at radius 1 is 1.14 bits per heavy atom. The van der Waals surface area contributed by atoms with Crippen molar-refractivity contribution in [2.75, 3.05) is 18.4 Å². The maximum atomic E-state index is 14.5. The summed E-state index contributed by atoms with van der Waals surface area (Å²) in [6.07, 6.45) is 1.70. The molecule has 4 rings (SSSR count). The van der Waals surface area contributed by atoms with Gasteiger partial charge in [-0.15, -0.1) is 0 Å². The quantitative estimate of drug-likeness (QED) is 0.410. The third kappa shape index (κ3) is 3.60. The number of likely N-dealkylation sites (tertiary alicyclic amines) is 1. The van der Waals surface area contributed by atoms with E-state index in [4.69, 9.17) is 5.11 Å². The van der Waals surface area contributed by atoms with E-state index in [2.05, 4.69) is 10.3 Å². The van der Waals surface area contributed by atoms with Crippen molar-refractivity contribution < 1.29 is 23.1 Å². The van der Waals surface area contributed by atoms with Crippen LogP contribution in [0.25, 0.3) is 0 Å². The maximum absolute atomic E-state index is 14.5. The van der Waals surface area contributed by atoms with E-state index in [9.17, 15) is 18.0 Å². The van der Waals surface area contributed by atoms with Gasteiger partial charge in [0.2, 0.25) is 5.60 Å². The highest BCUT2D eigenvalue weighted by molar-refractivity contribution is 14.1. The molecular weight excluding hydrogens is 498 g/mol. The predicted octanol–water partition coefficient (Wildman–Crippen LogP) is 3.86. The molecule has 1 saturated heterocycles. The number of anilines is 2. The standard InChI is InChI=1S/C20H15F3IN3O2/c21-13-5-4-12(18(17(13)23)26-15-6-3-11(24)8-14(15)22)19(28)27-9-20(29,10-27)16-2-1-7-25-16/h1-8,25-26,29H,9-10H2/p+1. The molecule has 0 saturated carbocycles. The highest BCUT2D eigenvalue weighted by Crippen LogP contribution is 2.35. The Labute approximate surface area is 177 Å². The van der Waals surface area contributed by atoms with Crippen LogP contribution in [0.3, 0.4) is 0 Å². The molecule has 9 heteroatoms. The summed E-state index contributed by atoms with van der Waals surface area (Å²) in [5, 5.41) is 11.0. The monoisotopic (exact) mass is 514 g/mol. The van der Waals surface area contributed by atoms with Gasteiger partial charge in [0.1, 0.15) is 24.6 Å². The third-order valence-corrected chi connectivity index (χ3v) is 5.51. The SMILES string of the molecule is O=C(c1ccc(F)c(F)c1Nc1ccc(I)cc1F)N1CC([OH2+])(c2ccc[nH]2)C1. The minimum Gasteiger partial charge on any atom is -0.434 e. The number of carbonyl (C=O) groups is 1. The summed E-state index contributed by atoms with van der Waals surface area (Å²) in [6.45, 7) is 0.200. The van der Waals surface area contributed by atoms with Crippen molar-refractivity contribution in [1.29, 1.82) is 0 Å². The number of carbonyl (C=O) groups excluding carboxylic acids is 1. The molecular formula is C20H16F3IN3O2+. The fourth-order valence-corrected chi connectivity index (χ4v) is 3.75. The molecule has 1 fully saturated rings. The molecule has 3 aromatic rings. The van der Waals surface area contributed by atoms with Crippen molar-refractivity contribution in [2.24, 2.45) is 0 Å². The van der Waals surface area contributed by atoms with Crippen molar-refractivity contribution >= 4 is 39.9 Å². The first kappa shape index (κ1) is 19.8. The zero-order chi connectivity index (χ0) is 20.8. The summed E-state index contributed by atoms with van der Waals surface area (Å²) in [4.78, 5) is 17.2. The Kier molecular flexibility index (Phi) is 5.03. The number of aromatic amines is 1. The van der Waals surface area contributed by atoms with E-state index in [0.29, 0.717) is 9.26 Å². The molecule has 150 valence electrons. The van der Waals surface area contributed by atoms with Crippen LogP contribution in [0.4, 0.5) is 24.5 Å². The van der Waals surface area contributed by atoms with E-state index in [0.717, 1.165) is 12.1 Å². The summed E-state index contributed by atoms with van der Waals surface area (Å²) in [5.41, 5.74) is -0.944. The van der Waals surface area contributed by atoms with Crippen molar-refractivity contribution in [3.05, 3.63) is 80.9 Å². The highest BCUT2D eigenvalue weighted by atomic mass is 127. The number of halogens is 4. The molecule has 0 unspecified atom stereocenters. The topological polar surface area (TPSA) is 71.0 Å². The molecule has 0 aliphatic carbocycles. The van der Waals surface area contributed by atoms with Gasteiger partial charge in [-0.2, -0.15) is 0 Å². The van der Waals surface area contributed by atoms with Gasteiger partial charge in [0, 0.05) is 9.77 Å². The molecule has 0 atom stereocenters. The summed E-state index contributed by atoms with van der Waals surface area (Å²) in [6, 6.07) is 9.77. The fraction of sp³-hybridized carbons (Fsp3) is 0.150. The van der Waals surface area contributed by atoms with Gasteiger partial charge in [-0.3, -0.25) is 4.79 Å². The molecule has 29 heavy (non-hydrogen) atoms. The van der Waals surface area contributed by atoms with E-state index in [1.807, 2.05) is 22.6 Å². The van der Waals surface area contributed by atoms with Gasteiger partial charge in [-0.25, -0.2) is 13.2 Å². The summed E-state index contributed by atoms with van der Waals surface area (Å²) in [7, 11) is 0. The van der Waals surface area contributed by atoms with Crippen LogP contribution in [0.1, 0.15) is 16.1 Å². The van der Waals surface area contributed by atoms with Crippen LogP contribution < -0.4 is 5.32 Å². The molecule has 4 N–H and O–H groups in total. The van der Waals surface area contributed by atoms with Crippen molar-refractivity contribution in [3.63, 3.8) is 0 Å². The van der Waals surface area contributed by atoms with Crippen molar-refractivity contribution in [2.45, 2.75) is 5.60 Å². The minimum absolute atomic E-state index is 0.0752. The number of H-pyrrole nitrogens is 1. The van der Waals surface area contributed by atoms with Crippen LogP contribution in [-0.4, -0.2) is 34.0 Å². The Bertz CT molecular complexity index is 1080. The Balaban J connectivity index is 1.62. The average molecular weight is 514 g/mol. The minimum atomic E-state index is -1.27. The summed E-state index contributed by atoms with van der Waals surface area (Å²) >= 11 is 1.93. The molecule has 1 amide bonds. The number of rotatable bonds is 4. The van der Waals surface area contributed by atoms with Gasteiger partial charge >= 0.3 is 0 Å². The molecule has 1 aliphatic rings. The molecule has 2 heterocycles. The van der Waals surface area contributed by atoms with Crippen LogP contribution in [0.15, 0.2) is 48.7 Å². The van der Waals surface area contributed by atoms with Crippen molar-refractivity contribution in [1.82, 2.24) is 9.88 Å². The second kappa shape index (κ2) is 7.38. The predicted molar refractivity (Wildman–Crippen MR) is 111 cm³/mol. The molecule has 1 aromatic heterocycles. The van der Waals surface area contributed by atoms with Crippen LogP contribution in [0.5, 0.6) is 0 Å². The van der Waals surface area contributed by atoms with E-state index in [-0.39, 0.29) is 24.3 Å². The molecule has 0 bridgehead atoms. The Morgan fingerprint density at radius 2 is 1.90 bits per heavy atom. The highest BCUT2D eigenvalue weighted by Gasteiger charge is 2.51. The lowest BCUT2D eigenvalue weighted by Gasteiger charge is -2.42. The van der Waals surface area contributed by atoms with E-state index >= 15 is 0 Å². The van der Waals surface area contributed by atoms with Gasteiger partial charge in [0.25, 0.3) is 5.91 Å². The molecule has 0 radical (unpaired) electrons. The lowest BCUT2D eigenvalue weighted by Crippen LogP contribution is -2.61. The van der Waals surface area contributed by atoms with Crippen LogP contribution in [0, 0.1) is 21.0 Å². The van der Waals surface area contributed by atoms with E-state index < -0.39 is 34.6 Å². The fourth-order valence-electron chi connectivity index (χ4n) is 3.29. The lowest BCUT2D eigenvalue weighted by atomic mass is 9.89. The molecule has 2 aromatic carbocycles. The Hall–Kier alpha value is -2.53. The van der Waals surface area contributed by atoms with Gasteiger partial charge in [0.15, 0.2) is 11.6 Å². The largest absolute Gasteiger partial charge is 0.434 e. The normalized spacial score (nSPS) is 15.1. The number of nitrogens with one attached hydrogen (secondary N) is 2. The first-order valence-electron chi connectivity index (χ1n) is 8.67. The van der Waals surface area contributed by atoms with Gasteiger partial charge in [0.05, 0.1) is 16.9 Å². The van der Waals surface area contributed by atoms with Crippen LogP contribution in [-0.2, 0) is 5.60 Å². The zero-order valence-corrected chi connectivity index (χ0v) is 17.1. The smallest absolute Gasteiger partial charge is 0.256 e. The van der Waals surface area contributed by atoms with Crippen LogP contribution in [0.2, 0.25) is 0 Å². The number of hydrogen-bond acceptors (Lipinski definition) is 2. The first-order valence-corrected chi connectivity index (χ1v) is 9.74. The number of amides is 1. The lowest BCUT2D eigenvalue weighted by molar-refractivity contribution is -0.0888. The molecule has 0 spiro atoms. The first-order chi connectivity index (χ1) is 13.8. The van der Waals surface area contributed by atoms with Gasteiger partial charge in [-0.1, -0.05) is 0 Å². The zero-order valence-electron chi connectivity index (χ0n) is 14.9. The average Bonchev–Trinajstić information content (AvgIpc) is 3.19. The number of hydrogen-bond donors (Lipinski definition) is 2. The molecule has 5 nitrogen and oxygen atoms in total. The van der Waals surface area contributed by atoms with Gasteiger partial charge in [-0.05, 0) is 65.1 Å². The Morgan fingerprint density at radius 3 is 2.55 bits per heavy atom.